The van der Waals surface area contributed by atoms with E-state index in [-0.39, 0.29) is 0 Å². The molecule has 0 aliphatic carbocycles. The third-order valence-corrected chi connectivity index (χ3v) is 4.13. The highest BCUT2D eigenvalue weighted by atomic mass is 16.5. The molecule has 0 saturated carbocycles. The second-order valence-electron chi connectivity index (χ2n) is 5.43. The van der Waals surface area contributed by atoms with Crippen LogP contribution in [0.4, 0.5) is 5.82 Å². The Hall–Kier alpha value is -1.33. The fraction of sp³-hybridized carbons (Fsp3) is 0.688. The van der Waals surface area contributed by atoms with Gasteiger partial charge in [0.1, 0.15) is 5.82 Å². The van der Waals surface area contributed by atoms with Gasteiger partial charge in [-0.25, -0.2) is 0 Å². The molecule has 5 heteroatoms. The van der Waals surface area contributed by atoms with Gasteiger partial charge in [-0.3, -0.25) is 4.90 Å². The molecule has 1 aliphatic heterocycles. The van der Waals surface area contributed by atoms with Crippen LogP contribution in [-0.4, -0.2) is 55.3 Å². The molecule has 2 heterocycles. The molecule has 1 atom stereocenters. The molecule has 2 N–H and O–H groups in total. The summed E-state index contributed by atoms with van der Waals surface area (Å²) in [6.07, 6.45) is 2.27. The van der Waals surface area contributed by atoms with Crippen LogP contribution >= 0.6 is 0 Å². The number of pyridine rings is 1. The van der Waals surface area contributed by atoms with Crippen LogP contribution < -0.4 is 15.4 Å². The molecule has 0 radical (unpaired) electrons. The number of hydrogen-bond acceptors (Lipinski definition) is 5. The smallest absolute Gasteiger partial charge is 0.215 e. The topological polar surface area (TPSA) is 54.6 Å². The monoisotopic (exact) mass is 292 g/mol. The van der Waals surface area contributed by atoms with Crippen molar-refractivity contribution in [2.75, 3.05) is 44.2 Å². The Morgan fingerprint density at radius 3 is 2.62 bits per heavy atom. The molecular formula is C16H28N4O. The number of hydrogen-bond donors (Lipinski definition) is 1. The summed E-state index contributed by atoms with van der Waals surface area (Å²) in [5.74, 6) is 1.74. The minimum absolute atomic E-state index is 0.625. The second-order valence-corrected chi connectivity index (χ2v) is 5.43. The molecule has 0 aromatic carbocycles. The third-order valence-electron chi connectivity index (χ3n) is 4.13. The van der Waals surface area contributed by atoms with Crippen LogP contribution in [-0.2, 0) is 0 Å². The standard InChI is InChI=1S/C16H28N4O/c1-3-14(8-9-17)19-10-12-20(13-11-19)15-6-5-7-16(18-15)21-4-2/h5-7,14H,3-4,8-13,17H2,1-2H3. The van der Waals surface area contributed by atoms with Crippen LogP contribution in [0.1, 0.15) is 26.7 Å². The first kappa shape index (κ1) is 16.0. The average molecular weight is 292 g/mol. The van der Waals surface area contributed by atoms with E-state index >= 15 is 0 Å². The summed E-state index contributed by atoms with van der Waals surface area (Å²) in [5, 5.41) is 0. The number of anilines is 1. The zero-order chi connectivity index (χ0) is 15.1. The van der Waals surface area contributed by atoms with Gasteiger partial charge in [0.2, 0.25) is 5.88 Å². The first-order valence-corrected chi connectivity index (χ1v) is 8.07. The first-order chi connectivity index (χ1) is 10.3. The summed E-state index contributed by atoms with van der Waals surface area (Å²) in [5.41, 5.74) is 5.71. The van der Waals surface area contributed by atoms with Gasteiger partial charge in [0.15, 0.2) is 0 Å². The highest BCUT2D eigenvalue weighted by Gasteiger charge is 2.23. The molecule has 2 rings (SSSR count). The number of nitrogens with two attached hydrogens (primary N) is 1. The first-order valence-electron chi connectivity index (χ1n) is 8.07. The van der Waals surface area contributed by atoms with E-state index in [1.165, 1.54) is 6.42 Å². The van der Waals surface area contributed by atoms with E-state index in [1.807, 2.05) is 19.1 Å². The largest absolute Gasteiger partial charge is 0.478 e. The number of aromatic nitrogens is 1. The Morgan fingerprint density at radius 2 is 2.00 bits per heavy atom. The Balaban J connectivity index is 1.92. The van der Waals surface area contributed by atoms with Crippen LogP contribution in [0.25, 0.3) is 0 Å². The fourth-order valence-electron chi connectivity index (χ4n) is 2.96. The maximum atomic E-state index is 5.71. The van der Waals surface area contributed by atoms with E-state index in [0.29, 0.717) is 18.5 Å². The minimum atomic E-state index is 0.625. The summed E-state index contributed by atoms with van der Waals surface area (Å²) < 4.78 is 5.48. The zero-order valence-corrected chi connectivity index (χ0v) is 13.3. The Labute approximate surface area is 128 Å². The lowest BCUT2D eigenvalue weighted by Crippen LogP contribution is -2.50. The third kappa shape index (κ3) is 4.32. The molecule has 1 aromatic heterocycles. The van der Waals surface area contributed by atoms with Gasteiger partial charge in [-0.2, -0.15) is 4.98 Å². The molecule has 0 spiro atoms. The predicted octanol–water partition coefficient (Wildman–Crippen LogP) is 1.73. The quantitative estimate of drug-likeness (QED) is 0.829. The average Bonchev–Trinajstić information content (AvgIpc) is 2.53. The molecule has 1 fully saturated rings. The van der Waals surface area contributed by atoms with Crippen LogP contribution in [0.3, 0.4) is 0 Å². The number of ether oxygens (including phenoxy) is 1. The maximum absolute atomic E-state index is 5.71. The molecular weight excluding hydrogens is 264 g/mol. The maximum Gasteiger partial charge on any atom is 0.215 e. The molecule has 1 aliphatic rings. The normalized spacial score (nSPS) is 17.8. The molecule has 118 valence electrons. The molecule has 1 aromatic rings. The second kappa shape index (κ2) is 8.20. The number of rotatable bonds is 7. The van der Waals surface area contributed by atoms with Gasteiger partial charge in [-0.1, -0.05) is 13.0 Å². The van der Waals surface area contributed by atoms with Crippen molar-refractivity contribution in [1.82, 2.24) is 9.88 Å². The van der Waals surface area contributed by atoms with E-state index in [2.05, 4.69) is 27.8 Å². The van der Waals surface area contributed by atoms with Gasteiger partial charge in [0, 0.05) is 38.3 Å². The SMILES string of the molecule is CCOc1cccc(N2CCN(C(CC)CCN)CC2)n1. The fourth-order valence-corrected chi connectivity index (χ4v) is 2.96. The summed E-state index contributed by atoms with van der Waals surface area (Å²) in [6, 6.07) is 6.62. The molecule has 0 amide bonds. The van der Waals surface area contributed by atoms with E-state index in [4.69, 9.17) is 10.5 Å². The van der Waals surface area contributed by atoms with Crippen molar-refractivity contribution >= 4 is 5.82 Å². The summed E-state index contributed by atoms with van der Waals surface area (Å²) in [6.45, 7) is 9.86. The van der Waals surface area contributed by atoms with E-state index < -0.39 is 0 Å². The van der Waals surface area contributed by atoms with Gasteiger partial charge in [0.05, 0.1) is 6.61 Å². The predicted molar refractivity (Wildman–Crippen MR) is 86.9 cm³/mol. The summed E-state index contributed by atoms with van der Waals surface area (Å²) >= 11 is 0. The van der Waals surface area contributed by atoms with Crippen molar-refractivity contribution < 1.29 is 4.74 Å². The number of nitrogens with zero attached hydrogens (tertiary/aromatic N) is 3. The van der Waals surface area contributed by atoms with Gasteiger partial charge in [-0.15, -0.1) is 0 Å². The van der Waals surface area contributed by atoms with E-state index in [0.717, 1.165) is 45.0 Å². The molecule has 0 bridgehead atoms. The van der Waals surface area contributed by atoms with Crippen molar-refractivity contribution in [3.05, 3.63) is 18.2 Å². The van der Waals surface area contributed by atoms with Crippen molar-refractivity contribution in [3.8, 4) is 5.88 Å². The van der Waals surface area contributed by atoms with E-state index in [9.17, 15) is 0 Å². The van der Waals surface area contributed by atoms with Crippen LogP contribution in [0.2, 0.25) is 0 Å². The summed E-state index contributed by atoms with van der Waals surface area (Å²) in [4.78, 5) is 9.48. The van der Waals surface area contributed by atoms with Gasteiger partial charge in [-0.05, 0) is 32.4 Å². The van der Waals surface area contributed by atoms with Gasteiger partial charge < -0.3 is 15.4 Å². The lowest BCUT2D eigenvalue weighted by molar-refractivity contribution is 0.173. The van der Waals surface area contributed by atoms with Gasteiger partial charge in [0.25, 0.3) is 0 Å². The lowest BCUT2D eigenvalue weighted by Gasteiger charge is -2.39. The Kier molecular flexibility index (Phi) is 6.26. The van der Waals surface area contributed by atoms with Crippen molar-refractivity contribution in [1.29, 1.82) is 0 Å². The van der Waals surface area contributed by atoms with Crippen LogP contribution in [0.5, 0.6) is 5.88 Å². The molecule has 1 unspecified atom stereocenters. The molecule has 1 saturated heterocycles. The van der Waals surface area contributed by atoms with Crippen LogP contribution in [0.15, 0.2) is 18.2 Å². The number of piperazine rings is 1. The molecule has 5 nitrogen and oxygen atoms in total. The van der Waals surface area contributed by atoms with Gasteiger partial charge >= 0.3 is 0 Å². The lowest BCUT2D eigenvalue weighted by atomic mass is 10.1. The van der Waals surface area contributed by atoms with Crippen molar-refractivity contribution in [3.63, 3.8) is 0 Å². The van der Waals surface area contributed by atoms with Crippen LogP contribution in [0, 0.1) is 0 Å². The molecule has 21 heavy (non-hydrogen) atoms. The highest BCUT2D eigenvalue weighted by Crippen LogP contribution is 2.19. The minimum Gasteiger partial charge on any atom is -0.478 e. The van der Waals surface area contributed by atoms with Crippen molar-refractivity contribution in [2.45, 2.75) is 32.7 Å². The summed E-state index contributed by atoms with van der Waals surface area (Å²) in [7, 11) is 0. The zero-order valence-electron chi connectivity index (χ0n) is 13.3. The van der Waals surface area contributed by atoms with E-state index in [1.54, 1.807) is 0 Å². The Bertz CT molecular complexity index is 418. The highest BCUT2D eigenvalue weighted by molar-refractivity contribution is 5.41. The van der Waals surface area contributed by atoms with Crippen molar-refractivity contribution in [2.24, 2.45) is 5.73 Å². The Morgan fingerprint density at radius 1 is 1.24 bits per heavy atom.